The number of nitrogens with two attached hydrogens (primary N) is 1. The maximum atomic E-state index is 11.1. The summed E-state index contributed by atoms with van der Waals surface area (Å²) in [6, 6.07) is 6.04. The van der Waals surface area contributed by atoms with Crippen LogP contribution in [0.25, 0.3) is 11.0 Å². The molecule has 1 saturated carbocycles. The Balaban J connectivity index is 2.17. The van der Waals surface area contributed by atoms with Crippen LogP contribution in [0.1, 0.15) is 18.4 Å². The van der Waals surface area contributed by atoms with Crippen molar-refractivity contribution in [2.75, 3.05) is 6.54 Å². The molecule has 0 spiro atoms. The number of nitrogens with one attached hydrogen (secondary N) is 2. The first-order valence-electron chi connectivity index (χ1n) is 5.16. The van der Waals surface area contributed by atoms with E-state index in [0.29, 0.717) is 6.54 Å². The SMILES string of the molecule is NCC1(c2ccc3[nH]c(=O)[nH]c3c2)CC1. The Labute approximate surface area is 86.5 Å². The van der Waals surface area contributed by atoms with Gasteiger partial charge in [0.25, 0.3) is 0 Å². The van der Waals surface area contributed by atoms with Gasteiger partial charge in [0, 0.05) is 12.0 Å². The molecule has 0 radical (unpaired) electrons. The van der Waals surface area contributed by atoms with Gasteiger partial charge in [-0.1, -0.05) is 6.07 Å². The highest BCUT2D eigenvalue weighted by Gasteiger charge is 2.42. The summed E-state index contributed by atoms with van der Waals surface area (Å²) < 4.78 is 0. The number of imidazole rings is 1. The van der Waals surface area contributed by atoms with E-state index in [2.05, 4.69) is 16.0 Å². The van der Waals surface area contributed by atoms with Gasteiger partial charge >= 0.3 is 5.69 Å². The van der Waals surface area contributed by atoms with Gasteiger partial charge in [-0.2, -0.15) is 0 Å². The van der Waals surface area contributed by atoms with Crippen LogP contribution in [0.3, 0.4) is 0 Å². The molecule has 0 amide bonds. The summed E-state index contributed by atoms with van der Waals surface area (Å²) >= 11 is 0. The van der Waals surface area contributed by atoms with Crippen LogP contribution in [0.4, 0.5) is 0 Å². The molecule has 4 heteroatoms. The highest BCUT2D eigenvalue weighted by molar-refractivity contribution is 5.75. The van der Waals surface area contributed by atoms with Gasteiger partial charge in [0.15, 0.2) is 0 Å². The molecule has 1 heterocycles. The molecule has 1 aliphatic rings. The number of aromatic amines is 2. The second kappa shape index (κ2) is 2.73. The van der Waals surface area contributed by atoms with Crippen LogP contribution < -0.4 is 11.4 Å². The van der Waals surface area contributed by atoms with Gasteiger partial charge in [-0.25, -0.2) is 4.79 Å². The number of hydrogen-bond acceptors (Lipinski definition) is 2. The predicted molar refractivity (Wildman–Crippen MR) is 58.9 cm³/mol. The van der Waals surface area contributed by atoms with E-state index in [-0.39, 0.29) is 11.1 Å². The van der Waals surface area contributed by atoms with Crippen LogP contribution in [-0.2, 0) is 5.41 Å². The quantitative estimate of drug-likeness (QED) is 0.676. The minimum atomic E-state index is -0.153. The van der Waals surface area contributed by atoms with Crippen molar-refractivity contribution in [1.29, 1.82) is 0 Å². The summed E-state index contributed by atoms with van der Waals surface area (Å²) in [5, 5.41) is 0. The summed E-state index contributed by atoms with van der Waals surface area (Å²) in [7, 11) is 0. The monoisotopic (exact) mass is 203 g/mol. The molecular weight excluding hydrogens is 190 g/mol. The van der Waals surface area contributed by atoms with Gasteiger partial charge in [-0.05, 0) is 30.5 Å². The molecular formula is C11H13N3O. The fraction of sp³-hybridized carbons (Fsp3) is 0.364. The van der Waals surface area contributed by atoms with Gasteiger partial charge in [0.1, 0.15) is 0 Å². The van der Waals surface area contributed by atoms with Crippen molar-refractivity contribution >= 4 is 11.0 Å². The minimum Gasteiger partial charge on any atom is -0.330 e. The van der Waals surface area contributed by atoms with Crippen molar-refractivity contribution < 1.29 is 0 Å². The average Bonchev–Trinajstić information content (AvgIpc) is 2.94. The number of benzene rings is 1. The third kappa shape index (κ3) is 1.22. The molecule has 15 heavy (non-hydrogen) atoms. The molecule has 1 fully saturated rings. The van der Waals surface area contributed by atoms with E-state index in [9.17, 15) is 4.79 Å². The molecule has 78 valence electrons. The van der Waals surface area contributed by atoms with Crippen molar-refractivity contribution in [1.82, 2.24) is 9.97 Å². The van der Waals surface area contributed by atoms with Crippen LogP contribution in [0.15, 0.2) is 23.0 Å². The Morgan fingerprint density at radius 3 is 2.67 bits per heavy atom. The van der Waals surface area contributed by atoms with Crippen LogP contribution in [0, 0.1) is 0 Å². The lowest BCUT2D eigenvalue weighted by atomic mass is 9.96. The number of fused-ring (bicyclic) bond motifs is 1. The fourth-order valence-corrected chi connectivity index (χ4v) is 2.12. The Hall–Kier alpha value is -1.55. The van der Waals surface area contributed by atoms with Crippen LogP contribution in [0.5, 0.6) is 0 Å². The topological polar surface area (TPSA) is 74.7 Å². The number of H-pyrrole nitrogens is 2. The lowest BCUT2D eigenvalue weighted by Gasteiger charge is -2.12. The second-order valence-electron chi connectivity index (χ2n) is 4.32. The summed E-state index contributed by atoms with van der Waals surface area (Å²) in [6.45, 7) is 0.688. The number of rotatable bonds is 2. The second-order valence-corrected chi connectivity index (χ2v) is 4.32. The van der Waals surface area contributed by atoms with Gasteiger partial charge in [-0.15, -0.1) is 0 Å². The van der Waals surface area contributed by atoms with Crippen molar-refractivity contribution in [2.45, 2.75) is 18.3 Å². The van der Waals surface area contributed by atoms with Crippen LogP contribution >= 0.6 is 0 Å². The first-order valence-corrected chi connectivity index (χ1v) is 5.16. The first-order chi connectivity index (χ1) is 7.23. The zero-order valence-corrected chi connectivity index (χ0v) is 8.34. The van der Waals surface area contributed by atoms with Crippen LogP contribution in [0.2, 0.25) is 0 Å². The smallest absolute Gasteiger partial charge is 0.323 e. The van der Waals surface area contributed by atoms with E-state index in [1.165, 1.54) is 5.56 Å². The zero-order valence-electron chi connectivity index (χ0n) is 8.34. The summed E-state index contributed by atoms with van der Waals surface area (Å²) in [6.07, 6.45) is 2.31. The van der Waals surface area contributed by atoms with E-state index >= 15 is 0 Å². The normalized spacial score (nSPS) is 18.2. The number of hydrogen-bond donors (Lipinski definition) is 3. The number of aromatic nitrogens is 2. The Kier molecular flexibility index (Phi) is 1.59. The molecule has 2 aromatic rings. The Morgan fingerprint density at radius 2 is 2.00 bits per heavy atom. The largest absolute Gasteiger partial charge is 0.330 e. The van der Waals surface area contributed by atoms with Crippen LogP contribution in [-0.4, -0.2) is 16.5 Å². The molecule has 1 aliphatic carbocycles. The van der Waals surface area contributed by atoms with E-state index in [4.69, 9.17) is 5.73 Å². The Morgan fingerprint density at radius 1 is 1.27 bits per heavy atom. The first kappa shape index (κ1) is 8.73. The van der Waals surface area contributed by atoms with Gasteiger partial charge in [0.2, 0.25) is 0 Å². The maximum Gasteiger partial charge on any atom is 0.323 e. The fourth-order valence-electron chi connectivity index (χ4n) is 2.12. The molecule has 3 rings (SSSR count). The molecule has 4 nitrogen and oxygen atoms in total. The van der Waals surface area contributed by atoms with E-state index < -0.39 is 0 Å². The molecule has 0 unspecified atom stereocenters. The van der Waals surface area contributed by atoms with E-state index in [1.807, 2.05) is 12.1 Å². The highest BCUT2D eigenvalue weighted by Crippen LogP contribution is 2.47. The zero-order chi connectivity index (χ0) is 10.5. The van der Waals surface area contributed by atoms with Gasteiger partial charge in [0.05, 0.1) is 11.0 Å². The van der Waals surface area contributed by atoms with E-state index in [1.54, 1.807) is 0 Å². The minimum absolute atomic E-state index is 0.153. The van der Waals surface area contributed by atoms with Gasteiger partial charge < -0.3 is 15.7 Å². The highest BCUT2D eigenvalue weighted by atomic mass is 16.1. The standard InChI is InChI=1S/C11H13N3O/c12-6-11(3-4-11)7-1-2-8-9(5-7)14-10(15)13-8/h1-2,5H,3-4,6,12H2,(H2,13,14,15). The summed E-state index contributed by atoms with van der Waals surface area (Å²) in [4.78, 5) is 16.6. The third-order valence-corrected chi connectivity index (χ3v) is 3.37. The predicted octanol–water partition coefficient (Wildman–Crippen LogP) is 0.846. The summed E-state index contributed by atoms with van der Waals surface area (Å²) in [5.74, 6) is 0. The molecule has 0 atom stereocenters. The molecule has 1 aromatic heterocycles. The average molecular weight is 203 g/mol. The molecule has 4 N–H and O–H groups in total. The summed E-state index contributed by atoms with van der Waals surface area (Å²) in [5.41, 5.74) is 8.77. The Bertz CT molecular complexity index is 562. The van der Waals surface area contributed by atoms with Crippen molar-refractivity contribution in [3.63, 3.8) is 0 Å². The van der Waals surface area contributed by atoms with Crippen molar-refractivity contribution in [2.24, 2.45) is 5.73 Å². The molecule has 1 aromatic carbocycles. The molecule has 0 bridgehead atoms. The lowest BCUT2D eigenvalue weighted by molar-refractivity contribution is 0.706. The van der Waals surface area contributed by atoms with Gasteiger partial charge in [-0.3, -0.25) is 0 Å². The lowest BCUT2D eigenvalue weighted by Crippen LogP contribution is -2.19. The third-order valence-electron chi connectivity index (χ3n) is 3.37. The molecule has 0 saturated heterocycles. The van der Waals surface area contributed by atoms with E-state index in [0.717, 1.165) is 23.9 Å². The molecule has 0 aliphatic heterocycles. The van der Waals surface area contributed by atoms with Crippen molar-refractivity contribution in [3.8, 4) is 0 Å². The maximum absolute atomic E-state index is 11.1. The van der Waals surface area contributed by atoms with Crippen molar-refractivity contribution in [3.05, 3.63) is 34.2 Å².